The van der Waals surface area contributed by atoms with Crippen molar-refractivity contribution in [3.8, 4) is 0 Å². The van der Waals surface area contributed by atoms with Gasteiger partial charge in [0, 0.05) is 44.8 Å². The fraction of sp³-hybridized carbons (Fsp3) is 0.650. The summed E-state index contributed by atoms with van der Waals surface area (Å²) in [6.07, 6.45) is 6.84. The molecule has 8 heteroatoms. The predicted molar refractivity (Wildman–Crippen MR) is 109 cm³/mol. The van der Waals surface area contributed by atoms with Crippen molar-refractivity contribution in [1.82, 2.24) is 14.9 Å². The van der Waals surface area contributed by atoms with E-state index in [-0.39, 0.29) is 12.4 Å². The van der Waals surface area contributed by atoms with Gasteiger partial charge in [-0.25, -0.2) is 4.98 Å². The van der Waals surface area contributed by atoms with Crippen LogP contribution in [-0.4, -0.2) is 53.0 Å². The van der Waals surface area contributed by atoms with Gasteiger partial charge in [0.1, 0.15) is 0 Å². The van der Waals surface area contributed by atoms with Gasteiger partial charge in [0.2, 0.25) is 11.6 Å². The summed E-state index contributed by atoms with van der Waals surface area (Å²) in [6, 6.07) is 4.67. The van der Waals surface area contributed by atoms with Crippen LogP contribution in [0.4, 0.5) is 6.01 Å². The Hall–Kier alpha value is -1.86. The van der Waals surface area contributed by atoms with Crippen molar-refractivity contribution in [2.75, 3.05) is 31.1 Å². The number of pyridine rings is 1. The van der Waals surface area contributed by atoms with Crippen LogP contribution in [0.25, 0.3) is 11.2 Å². The molecule has 7 nitrogen and oxygen atoms in total. The van der Waals surface area contributed by atoms with Gasteiger partial charge in [0.15, 0.2) is 5.58 Å². The van der Waals surface area contributed by atoms with E-state index in [1.54, 1.807) is 6.20 Å². The Morgan fingerprint density at radius 3 is 2.75 bits per heavy atom. The highest BCUT2D eigenvalue weighted by atomic mass is 35.5. The number of likely N-dealkylation sites (tertiary alicyclic amines) is 1. The van der Waals surface area contributed by atoms with Crippen molar-refractivity contribution in [2.45, 2.75) is 38.1 Å². The third-order valence-electron chi connectivity index (χ3n) is 6.67. The van der Waals surface area contributed by atoms with E-state index in [9.17, 15) is 4.79 Å². The smallest absolute Gasteiger partial charge is 0.299 e. The van der Waals surface area contributed by atoms with Crippen LogP contribution in [0.3, 0.4) is 0 Å². The van der Waals surface area contributed by atoms with E-state index in [4.69, 9.17) is 10.2 Å². The summed E-state index contributed by atoms with van der Waals surface area (Å²) in [5.41, 5.74) is 7.64. The molecular weight excluding hydrogens is 378 g/mol. The van der Waals surface area contributed by atoms with E-state index < -0.39 is 0 Å². The number of carbonyl (C=O) groups excluding carboxylic acids is 1. The predicted octanol–water partition coefficient (Wildman–Crippen LogP) is 2.45. The summed E-state index contributed by atoms with van der Waals surface area (Å²) in [5.74, 6) is 1.65. The van der Waals surface area contributed by atoms with Crippen LogP contribution in [0.1, 0.15) is 32.1 Å². The maximum absolute atomic E-state index is 12.9. The topological polar surface area (TPSA) is 88.5 Å². The number of hydrogen-bond donors (Lipinski definition) is 1. The van der Waals surface area contributed by atoms with E-state index in [1.165, 1.54) is 12.8 Å². The molecule has 5 rings (SSSR count). The second-order valence-electron chi connectivity index (χ2n) is 8.45. The number of amides is 1. The normalized spacial score (nSPS) is 29.8. The van der Waals surface area contributed by atoms with Gasteiger partial charge in [-0.15, -0.1) is 12.4 Å². The van der Waals surface area contributed by atoms with Gasteiger partial charge in [-0.05, 0) is 55.6 Å². The first-order valence-corrected chi connectivity index (χ1v) is 10.2. The number of aromatic nitrogens is 2. The standard InChI is InChI=1S/C20H27N5O2.ClH/c21-18-14-5-6-15(18)12-25(11-14)17(26)9-13-3-2-8-24(10-13)20-23-19-16(27-20)4-1-7-22-19;/h1,4,7,13-15,18H,2-3,5-6,8-12,21H2;1H/t13?,14-,15+,18?;. The lowest BCUT2D eigenvalue weighted by Gasteiger charge is -2.38. The SMILES string of the molecule is Cl.NC1[C@@H]2CC[C@H]1CN(C(=O)CC1CCCN(c3nc4ncccc4o3)C1)C2. The number of carbonyl (C=O) groups is 1. The molecule has 2 aromatic rings. The van der Waals surface area contributed by atoms with E-state index in [0.717, 1.165) is 39.0 Å². The molecular formula is C20H28ClN5O2. The Labute approximate surface area is 171 Å². The lowest BCUT2D eigenvalue weighted by Crippen LogP contribution is -2.51. The quantitative estimate of drug-likeness (QED) is 0.843. The van der Waals surface area contributed by atoms with Crippen LogP contribution < -0.4 is 10.6 Å². The Bertz CT molecular complexity index is 796. The van der Waals surface area contributed by atoms with Crippen LogP contribution >= 0.6 is 12.4 Å². The fourth-order valence-electron chi connectivity index (χ4n) is 5.14. The Kier molecular flexibility index (Phi) is 5.47. The van der Waals surface area contributed by atoms with E-state index in [0.29, 0.717) is 53.4 Å². The molecule has 3 aliphatic rings. The first-order chi connectivity index (χ1) is 13.2. The summed E-state index contributed by atoms with van der Waals surface area (Å²) in [4.78, 5) is 25.9. The lowest BCUT2D eigenvalue weighted by molar-refractivity contribution is -0.134. The number of oxazole rings is 1. The van der Waals surface area contributed by atoms with Crippen LogP contribution in [-0.2, 0) is 4.79 Å². The highest BCUT2D eigenvalue weighted by Gasteiger charge is 2.41. The monoisotopic (exact) mass is 405 g/mol. The average Bonchev–Trinajstić information content (AvgIpc) is 3.18. The number of fused-ring (bicyclic) bond motifs is 3. The summed E-state index contributed by atoms with van der Waals surface area (Å²) < 4.78 is 5.87. The third kappa shape index (κ3) is 3.57. The zero-order chi connectivity index (χ0) is 18.4. The van der Waals surface area contributed by atoms with Crippen molar-refractivity contribution in [3.63, 3.8) is 0 Å². The third-order valence-corrected chi connectivity index (χ3v) is 6.67. The van der Waals surface area contributed by atoms with Crippen LogP contribution in [0.15, 0.2) is 22.7 Å². The molecule has 3 fully saturated rings. The van der Waals surface area contributed by atoms with Crippen molar-refractivity contribution >= 4 is 35.6 Å². The molecule has 2 bridgehead atoms. The molecule has 152 valence electrons. The van der Waals surface area contributed by atoms with E-state index >= 15 is 0 Å². The summed E-state index contributed by atoms with van der Waals surface area (Å²) in [6.45, 7) is 3.44. The number of hydrogen-bond acceptors (Lipinski definition) is 6. The van der Waals surface area contributed by atoms with E-state index in [2.05, 4.69) is 19.8 Å². The Balaban J connectivity index is 0.00000192. The number of rotatable bonds is 3. The van der Waals surface area contributed by atoms with Gasteiger partial charge in [0.25, 0.3) is 6.01 Å². The van der Waals surface area contributed by atoms with E-state index in [1.807, 2.05) is 12.1 Å². The Morgan fingerprint density at radius 2 is 2.00 bits per heavy atom. The number of nitrogens with zero attached hydrogens (tertiary/aromatic N) is 4. The average molecular weight is 406 g/mol. The number of piperidine rings is 2. The molecule has 2 N–H and O–H groups in total. The number of nitrogens with two attached hydrogens (primary N) is 1. The van der Waals surface area contributed by atoms with Crippen molar-refractivity contribution < 1.29 is 9.21 Å². The molecule has 2 unspecified atom stereocenters. The van der Waals surface area contributed by atoms with Crippen LogP contribution in [0.2, 0.25) is 0 Å². The minimum Gasteiger partial charge on any atom is -0.422 e. The number of halogens is 1. The highest BCUT2D eigenvalue weighted by Crippen LogP contribution is 2.36. The molecule has 2 saturated heterocycles. The highest BCUT2D eigenvalue weighted by molar-refractivity contribution is 5.85. The van der Waals surface area contributed by atoms with Gasteiger partial charge in [0.05, 0.1) is 0 Å². The molecule has 0 radical (unpaired) electrons. The summed E-state index contributed by atoms with van der Waals surface area (Å²) in [7, 11) is 0. The molecule has 4 atom stereocenters. The lowest BCUT2D eigenvalue weighted by atomic mass is 9.91. The second-order valence-corrected chi connectivity index (χ2v) is 8.45. The van der Waals surface area contributed by atoms with Gasteiger partial charge < -0.3 is 20.0 Å². The minimum atomic E-state index is 0. The molecule has 2 aromatic heterocycles. The van der Waals surface area contributed by atoms with Crippen molar-refractivity contribution in [3.05, 3.63) is 18.3 Å². The van der Waals surface area contributed by atoms with Crippen LogP contribution in [0.5, 0.6) is 0 Å². The van der Waals surface area contributed by atoms with Gasteiger partial charge in [-0.1, -0.05) is 0 Å². The molecule has 2 aliphatic heterocycles. The molecule has 1 amide bonds. The maximum Gasteiger partial charge on any atom is 0.299 e. The molecule has 0 aromatic carbocycles. The van der Waals surface area contributed by atoms with Gasteiger partial charge >= 0.3 is 0 Å². The van der Waals surface area contributed by atoms with Crippen molar-refractivity contribution in [1.29, 1.82) is 0 Å². The van der Waals surface area contributed by atoms with Gasteiger partial charge in [-0.2, -0.15) is 4.98 Å². The van der Waals surface area contributed by atoms with Gasteiger partial charge in [-0.3, -0.25) is 4.79 Å². The molecule has 0 spiro atoms. The van der Waals surface area contributed by atoms with Crippen LogP contribution in [0, 0.1) is 17.8 Å². The van der Waals surface area contributed by atoms with Crippen molar-refractivity contribution in [2.24, 2.45) is 23.5 Å². The fourth-order valence-corrected chi connectivity index (χ4v) is 5.14. The molecule has 1 saturated carbocycles. The largest absolute Gasteiger partial charge is 0.422 e. The number of anilines is 1. The summed E-state index contributed by atoms with van der Waals surface area (Å²) >= 11 is 0. The molecule has 4 heterocycles. The second kappa shape index (κ2) is 7.87. The maximum atomic E-state index is 12.9. The Morgan fingerprint density at radius 1 is 1.21 bits per heavy atom. The first-order valence-electron chi connectivity index (χ1n) is 10.2. The minimum absolute atomic E-state index is 0. The molecule has 28 heavy (non-hydrogen) atoms. The molecule has 1 aliphatic carbocycles. The summed E-state index contributed by atoms with van der Waals surface area (Å²) in [5, 5.41) is 0. The zero-order valence-corrected chi connectivity index (χ0v) is 16.8. The first kappa shape index (κ1) is 19.5. The zero-order valence-electron chi connectivity index (χ0n) is 16.0.